The molecule has 2 fully saturated rings. The van der Waals surface area contributed by atoms with Crippen LogP contribution in [0.4, 0.5) is 10.1 Å². The summed E-state index contributed by atoms with van der Waals surface area (Å²) in [5.41, 5.74) is 1.81. The van der Waals surface area contributed by atoms with Crippen LogP contribution in [0, 0.1) is 11.7 Å². The fourth-order valence-corrected chi connectivity index (χ4v) is 5.67. The Bertz CT molecular complexity index is 970. The molecule has 2 saturated heterocycles. The van der Waals surface area contributed by atoms with Crippen LogP contribution in [-0.2, 0) is 11.3 Å². The van der Waals surface area contributed by atoms with Gasteiger partial charge >= 0.3 is 0 Å². The maximum Gasteiger partial charge on any atom is 0.220 e. The van der Waals surface area contributed by atoms with Crippen LogP contribution in [0.3, 0.4) is 0 Å². The van der Waals surface area contributed by atoms with Crippen LogP contribution in [0.15, 0.2) is 48.5 Å². The number of amides is 1. The van der Waals surface area contributed by atoms with Gasteiger partial charge in [0.1, 0.15) is 5.82 Å². The second kappa shape index (κ2) is 12.7. The summed E-state index contributed by atoms with van der Waals surface area (Å²) in [6.45, 7) is 6.32. The lowest BCUT2D eigenvalue weighted by Crippen LogP contribution is -2.56. The number of anilines is 1. The van der Waals surface area contributed by atoms with E-state index in [-0.39, 0.29) is 18.3 Å². The third-order valence-electron chi connectivity index (χ3n) is 7.28. The summed E-state index contributed by atoms with van der Waals surface area (Å²) in [5, 5.41) is 12.6. The first-order valence-corrected chi connectivity index (χ1v) is 13.0. The number of carbonyl (C=O) groups is 1. The second-order valence-corrected chi connectivity index (χ2v) is 9.94. The van der Waals surface area contributed by atoms with E-state index in [0.29, 0.717) is 30.6 Å². The summed E-state index contributed by atoms with van der Waals surface area (Å²) in [4.78, 5) is 19.4. The molecule has 35 heavy (non-hydrogen) atoms. The number of rotatable bonds is 9. The molecule has 2 atom stereocenters. The fourth-order valence-electron chi connectivity index (χ4n) is 5.47. The van der Waals surface area contributed by atoms with E-state index in [1.807, 2.05) is 30.3 Å². The molecule has 1 amide bonds. The third-order valence-corrected chi connectivity index (χ3v) is 7.65. The average Bonchev–Trinajstić information content (AvgIpc) is 2.88. The third kappa shape index (κ3) is 6.94. The van der Waals surface area contributed by atoms with Crippen molar-refractivity contribution in [1.82, 2.24) is 15.1 Å². The van der Waals surface area contributed by atoms with Crippen LogP contribution >= 0.6 is 11.6 Å². The molecule has 2 N–H and O–H groups in total. The first kappa shape index (κ1) is 25.9. The Morgan fingerprint density at radius 2 is 1.80 bits per heavy atom. The summed E-state index contributed by atoms with van der Waals surface area (Å²) < 4.78 is 14.3. The molecule has 8 heteroatoms. The molecule has 4 rings (SSSR count). The Kier molecular flexibility index (Phi) is 9.38. The molecule has 2 heterocycles. The molecule has 0 radical (unpaired) electrons. The Morgan fingerprint density at radius 3 is 2.54 bits per heavy atom. The lowest BCUT2D eigenvalue weighted by molar-refractivity contribution is -0.121. The minimum atomic E-state index is -0.166. The number of para-hydroxylation sites is 1. The van der Waals surface area contributed by atoms with Crippen molar-refractivity contribution < 1.29 is 14.3 Å². The number of aliphatic hydroxyl groups excluding tert-OH is 1. The zero-order valence-corrected chi connectivity index (χ0v) is 21.0. The van der Waals surface area contributed by atoms with Crippen molar-refractivity contribution in [3.05, 3.63) is 64.9 Å². The Morgan fingerprint density at radius 1 is 1.06 bits per heavy atom. The number of hydrogen-bond acceptors (Lipinski definition) is 5. The number of benzene rings is 2. The average molecular weight is 503 g/mol. The van der Waals surface area contributed by atoms with E-state index in [0.717, 1.165) is 69.2 Å². The van der Waals surface area contributed by atoms with Crippen molar-refractivity contribution in [1.29, 1.82) is 0 Å². The lowest BCUT2D eigenvalue weighted by atomic mass is 9.86. The summed E-state index contributed by atoms with van der Waals surface area (Å²) in [6, 6.07) is 15.4. The predicted molar refractivity (Wildman–Crippen MR) is 138 cm³/mol. The molecule has 6 nitrogen and oxygen atoms in total. The zero-order valence-electron chi connectivity index (χ0n) is 20.2. The van der Waals surface area contributed by atoms with Gasteiger partial charge in [-0.1, -0.05) is 41.9 Å². The minimum Gasteiger partial charge on any atom is -0.395 e. The van der Waals surface area contributed by atoms with E-state index in [1.165, 1.54) is 6.07 Å². The number of halogens is 2. The van der Waals surface area contributed by atoms with E-state index in [9.17, 15) is 9.18 Å². The number of nitrogens with zero attached hydrogens (tertiary/aromatic N) is 3. The highest BCUT2D eigenvalue weighted by atomic mass is 35.5. The van der Waals surface area contributed by atoms with Crippen LogP contribution in [0.2, 0.25) is 5.02 Å². The van der Waals surface area contributed by atoms with E-state index in [1.54, 1.807) is 6.07 Å². The number of carbonyl (C=O) groups excluding carboxylic acids is 1. The molecule has 0 unspecified atom stereocenters. The van der Waals surface area contributed by atoms with Crippen LogP contribution < -0.4 is 10.2 Å². The van der Waals surface area contributed by atoms with Crippen LogP contribution in [0.1, 0.15) is 24.8 Å². The van der Waals surface area contributed by atoms with E-state index in [4.69, 9.17) is 16.7 Å². The molecular formula is C27H36ClFN4O2. The largest absolute Gasteiger partial charge is 0.395 e. The molecule has 2 aromatic carbocycles. The van der Waals surface area contributed by atoms with Gasteiger partial charge in [-0.25, -0.2) is 4.39 Å². The summed E-state index contributed by atoms with van der Waals surface area (Å²) >= 11 is 6.42. The van der Waals surface area contributed by atoms with Gasteiger partial charge in [-0.15, -0.1) is 0 Å². The summed E-state index contributed by atoms with van der Waals surface area (Å²) in [7, 11) is 0. The first-order valence-electron chi connectivity index (χ1n) is 12.6. The highest BCUT2D eigenvalue weighted by Gasteiger charge is 2.35. The van der Waals surface area contributed by atoms with Crippen LogP contribution in [0.25, 0.3) is 0 Å². The van der Waals surface area contributed by atoms with E-state index >= 15 is 0 Å². The fraction of sp³-hybridized carbons (Fsp3) is 0.519. The first-order chi connectivity index (χ1) is 17.0. The highest BCUT2D eigenvalue weighted by molar-refractivity contribution is 6.31. The van der Waals surface area contributed by atoms with E-state index in [2.05, 4.69) is 26.1 Å². The quantitative estimate of drug-likeness (QED) is 0.550. The summed E-state index contributed by atoms with van der Waals surface area (Å²) in [5.74, 6) is 0.178. The van der Waals surface area contributed by atoms with Gasteiger partial charge in [-0.3, -0.25) is 14.6 Å². The zero-order chi connectivity index (χ0) is 24.6. The topological polar surface area (TPSA) is 59.1 Å². The number of aliphatic hydroxyl groups is 1. The van der Waals surface area contributed by atoms with Gasteiger partial charge in [0.05, 0.1) is 12.3 Å². The van der Waals surface area contributed by atoms with Crippen molar-refractivity contribution in [3.8, 4) is 0 Å². The van der Waals surface area contributed by atoms with Gasteiger partial charge in [0.2, 0.25) is 5.91 Å². The van der Waals surface area contributed by atoms with Crippen molar-refractivity contribution >= 4 is 23.2 Å². The smallest absolute Gasteiger partial charge is 0.220 e. The maximum atomic E-state index is 14.3. The van der Waals surface area contributed by atoms with E-state index < -0.39 is 0 Å². The molecule has 0 aliphatic carbocycles. The van der Waals surface area contributed by atoms with Crippen LogP contribution in [-0.4, -0.2) is 79.3 Å². The SMILES string of the molecule is O=C(CC[C@H]1CN(Cc2ccccc2Cl)CC[C@H]1N1CCN(c2ccccc2F)CC1)NCCO. The Hall–Kier alpha value is -2.19. The van der Waals surface area contributed by atoms with Crippen molar-refractivity contribution in [2.24, 2.45) is 5.92 Å². The molecular weight excluding hydrogens is 467 g/mol. The van der Waals surface area contributed by atoms with Crippen molar-refractivity contribution in [3.63, 3.8) is 0 Å². The van der Waals surface area contributed by atoms with Gasteiger partial charge in [0.15, 0.2) is 0 Å². The van der Waals surface area contributed by atoms with Gasteiger partial charge < -0.3 is 15.3 Å². The van der Waals surface area contributed by atoms with Gasteiger partial charge in [0, 0.05) is 63.3 Å². The molecule has 0 aromatic heterocycles. The maximum absolute atomic E-state index is 14.3. The Balaban J connectivity index is 1.39. The molecule has 0 saturated carbocycles. The molecule has 2 aliphatic rings. The van der Waals surface area contributed by atoms with Gasteiger partial charge in [-0.2, -0.15) is 0 Å². The van der Waals surface area contributed by atoms with Crippen molar-refractivity contribution in [2.45, 2.75) is 31.8 Å². The number of hydrogen-bond donors (Lipinski definition) is 2. The van der Waals surface area contributed by atoms with Gasteiger partial charge in [0.25, 0.3) is 0 Å². The predicted octanol–water partition coefficient (Wildman–Crippen LogP) is 3.38. The number of piperazine rings is 1. The normalized spacial score (nSPS) is 21.7. The van der Waals surface area contributed by atoms with Gasteiger partial charge in [-0.05, 0) is 49.1 Å². The number of piperidine rings is 1. The minimum absolute atomic E-state index is 0.00889. The monoisotopic (exact) mass is 502 g/mol. The Labute approximate surface area is 212 Å². The molecule has 190 valence electrons. The molecule has 0 spiro atoms. The molecule has 2 aliphatic heterocycles. The number of likely N-dealkylation sites (tertiary alicyclic amines) is 1. The molecule has 2 aromatic rings. The number of nitrogens with one attached hydrogen (secondary N) is 1. The van der Waals surface area contributed by atoms with Crippen molar-refractivity contribution in [2.75, 3.05) is 57.3 Å². The standard InChI is InChI=1S/C27H36ClFN4O2/c28-23-6-2-1-5-21(23)19-31-13-11-25(22(20-31)9-10-27(35)30-12-18-34)32-14-16-33(17-15-32)26-8-4-3-7-24(26)29/h1-8,22,25,34H,9-20H2,(H,30,35)/t22-,25+/m0/s1. The highest BCUT2D eigenvalue weighted by Crippen LogP contribution is 2.30. The van der Waals surface area contributed by atoms with Crippen LogP contribution in [0.5, 0.6) is 0 Å². The lowest BCUT2D eigenvalue weighted by Gasteiger charge is -2.47. The second-order valence-electron chi connectivity index (χ2n) is 9.53. The summed E-state index contributed by atoms with van der Waals surface area (Å²) in [6.07, 6.45) is 2.29. The molecule has 0 bridgehead atoms.